The molecule has 1 aromatic rings. The van der Waals surface area contributed by atoms with Crippen molar-refractivity contribution in [1.82, 2.24) is 3.96 Å². The third-order valence-corrected chi connectivity index (χ3v) is 4.20. The number of hydrogen-bond donors (Lipinski definition) is 0. The largest absolute Gasteiger partial charge is 0.279 e. The van der Waals surface area contributed by atoms with Crippen molar-refractivity contribution in [3.8, 4) is 0 Å². The van der Waals surface area contributed by atoms with Crippen LogP contribution in [0.4, 0.5) is 0 Å². The van der Waals surface area contributed by atoms with E-state index < -0.39 is 0 Å². The second-order valence-corrected chi connectivity index (χ2v) is 5.66. The molecule has 0 aliphatic carbocycles. The van der Waals surface area contributed by atoms with Crippen LogP contribution >= 0.6 is 23.1 Å². The second-order valence-electron chi connectivity index (χ2n) is 4.44. The average Bonchev–Trinajstić information content (AvgIpc) is 2.48. The van der Waals surface area contributed by atoms with Gasteiger partial charge >= 0.3 is 0 Å². The highest BCUT2D eigenvalue weighted by Crippen LogP contribution is 2.24. The maximum Gasteiger partial charge on any atom is 0.279 e. The van der Waals surface area contributed by atoms with Crippen molar-refractivity contribution >= 4 is 23.1 Å². The second kappa shape index (κ2) is 5.17. The predicted molar refractivity (Wildman–Crippen MR) is 67.1 cm³/mol. The predicted octanol–water partition coefficient (Wildman–Crippen LogP) is 3.88. The standard InChI is InChI=1S/C11H18ClNOS/c1-4-5-6-7-11(2,3)13-10(14)9(12)8-15-13/h8H,4-7H2,1-3H3. The highest BCUT2D eigenvalue weighted by atomic mass is 35.5. The topological polar surface area (TPSA) is 22.0 Å². The van der Waals surface area contributed by atoms with Gasteiger partial charge in [-0.15, -0.1) is 0 Å². The van der Waals surface area contributed by atoms with Crippen molar-refractivity contribution in [2.75, 3.05) is 0 Å². The lowest BCUT2D eigenvalue weighted by atomic mass is 9.97. The summed E-state index contributed by atoms with van der Waals surface area (Å²) in [5.74, 6) is 0. The minimum absolute atomic E-state index is 0.0526. The molecule has 0 fully saturated rings. The summed E-state index contributed by atoms with van der Waals surface area (Å²) in [7, 11) is 0. The van der Waals surface area contributed by atoms with E-state index >= 15 is 0 Å². The Morgan fingerprint density at radius 2 is 2.13 bits per heavy atom. The van der Waals surface area contributed by atoms with E-state index in [-0.39, 0.29) is 11.1 Å². The Bertz CT molecular complexity index is 367. The molecule has 0 saturated carbocycles. The van der Waals surface area contributed by atoms with Crippen molar-refractivity contribution in [2.24, 2.45) is 0 Å². The number of hydrogen-bond acceptors (Lipinski definition) is 2. The fraction of sp³-hybridized carbons (Fsp3) is 0.727. The van der Waals surface area contributed by atoms with Crippen LogP contribution in [0.25, 0.3) is 0 Å². The summed E-state index contributed by atoms with van der Waals surface area (Å²) in [5, 5.41) is 2.05. The van der Waals surface area contributed by atoms with Gasteiger partial charge in [0.05, 0.1) is 5.54 Å². The molecule has 0 radical (unpaired) electrons. The van der Waals surface area contributed by atoms with Crippen molar-refractivity contribution in [3.05, 3.63) is 20.8 Å². The number of nitrogens with zero attached hydrogens (tertiary/aromatic N) is 1. The summed E-state index contributed by atoms with van der Waals surface area (Å²) < 4.78 is 1.78. The van der Waals surface area contributed by atoms with Crippen LogP contribution in [0.1, 0.15) is 46.5 Å². The quantitative estimate of drug-likeness (QED) is 0.724. The Balaban J connectivity index is 2.77. The van der Waals surface area contributed by atoms with Crippen LogP contribution in [0.15, 0.2) is 10.2 Å². The molecule has 2 nitrogen and oxygen atoms in total. The summed E-state index contributed by atoms with van der Waals surface area (Å²) in [6, 6.07) is 0. The van der Waals surface area contributed by atoms with Gasteiger partial charge in [-0.3, -0.25) is 8.75 Å². The van der Waals surface area contributed by atoms with Crippen LogP contribution < -0.4 is 5.56 Å². The number of unbranched alkanes of at least 4 members (excludes halogenated alkanes) is 2. The molecular weight excluding hydrogens is 230 g/mol. The van der Waals surface area contributed by atoms with Gasteiger partial charge in [0.1, 0.15) is 5.02 Å². The summed E-state index contributed by atoms with van der Waals surface area (Å²) in [6.07, 6.45) is 4.61. The molecule has 1 heterocycles. The molecule has 4 heteroatoms. The average molecular weight is 248 g/mol. The van der Waals surface area contributed by atoms with E-state index in [9.17, 15) is 4.79 Å². The highest BCUT2D eigenvalue weighted by Gasteiger charge is 2.23. The zero-order valence-corrected chi connectivity index (χ0v) is 11.1. The molecule has 0 saturated heterocycles. The van der Waals surface area contributed by atoms with E-state index in [1.54, 1.807) is 9.34 Å². The first kappa shape index (κ1) is 12.8. The van der Waals surface area contributed by atoms with E-state index in [1.807, 2.05) is 0 Å². The van der Waals surface area contributed by atoms with E-state index in [1.165, 1.54) is 24.4 Å². The SMILES string of the molecule is CCCCCC(C)(C)n1scc(Cl)c1=O. The van der Waals surface area contributed by atoms with Crippen LogP contribution in [0, 0.1) is 0 Å². The van der Waals surface area contributed by atoms with Gasteiger partial charge in [-0.1, -0.05) is 49.3 Å². The molecule has 0 bridgehead atoms. The number of rotatable bonds is 5. The lowest BCUT2D eigenvalue weighted by Crippen LogP contribution is -2.32. The summed E-state index contributed by atoms with van der Waals surface area (Å²) in [5.41, 5.74) is -0.160. The first-order valence-electron chi connectivity index (χ1n) is 5.36. The zero-order valence-electron chi connectivity index (χ0n) is 9.55. The Labute approximate surface area is 100 Å². The molecule has 15 heavy (non-hydrogen) atoms. The molecule has 0 amide bonds. The molecular formula is C11H18ClNOS. The van der Waals surface area contributed by atoms with E-state index in [2.05, 4.69) is 20.8 Å². The Hall–Kier alpha value is -0.280. The molecule has 0 atom stereocenters. The molecule has 0 aromatic carbocycles. The third kappa shape index (κ3) is 3.08. The van der Waals surface area contributed by atoms with Gasteiger partial charge in [-0.2, -0.15) is 0 Å². The van der Waals surface area contributed by atoms with E-state index in [0.29, 0.717) is 5.02 Å². The molecule has 0 N–H and O–H groups in total. The summed E-state index contributed by atoms with van der Waals surface area (Å²) in [4.78, 5) is 11.7. The summed E-state index contributed by atoms with van der Waals surface area (Å²) in [6.45, 7) is 6.37. The van der Waals surface area contributed by atoms with Crippen molar-refractivity contribution in [2.45, 2.75) is 52.0 Å². The normalized spacial score (nSPS) is 12.0. The first-order chi connectivity index (χ1) is 6.99. The van der Waals surface area contributed by atoms with Crippen molar-refractivity contribution in [3.63, 3.8) is 0 Å². The van der Waals surface area contributed by atoms with Gasteiger partial charge in [-0.05, 0) is 20.3 Å². The third-order valence-electron chi connectivity index (χ3n) is 2.59. The number of halogens is 1. The molecule has 1 aromatic heterocycles. The molecule has 1 rings (SSSR count). The first-order valence-corrected chi connectivity index (χ1v) is 6.57. The van der Waals surface area contributed by atoms with E-state index in [0.717, 1.165) is 12.8 Å². The maximum atomic E-state index is 11.7. The van der Waals surface area contributed by atoms with Gasteiger partial charge in [0, 0.05) is 5.38 Å². The van der Waals surface area contributed by atoms with Crippen LogP contribution in [0.5, 0.6) is 0 Å². The smallest absolute Gasteiger partial charge is 0.267 e. The molecule has 0 aliphatic heterocycles. The molecule has 0 spiro atoms. The van der Waals surface area contributed by atoms with Gasteiger partial charge in [-0.25, -0.2) is 0 Å². The fourth-order valence-corrected chi connectivity index (χ4v) is 2.74. The van der Waals surface area contributed by atoms with E-state index in [4.69, 9.17) is 11.6 Å². The molecule has 86 valence electrons. The fourth-order valence-electron chi connectivity index (χ4n) is 1.62. The van der Waals surface area contributed by atoms with Gasteiger partial charge in [0.25, 0.3) is 5.56 Å². The van der Waals surface area contributed by atoms with Crippen LogP contribution in [-0.2, 0) is 5.54 Å². The number of aromatic nitrogens is 1. The minimum Gasteiger partial charge on any atom is -0.267 e. The van der Waals surface area contributed by atoms with Crippen molar-refractivity contribution < 1.29 is 0 Å². The van der Waals surface area contributed by atoms with Crippen LogP contribution in [0.2, 0.25) is 5.02 Å². The Kier molecular flexibility index (Phi) is 4.41. The molecule has 0 unspecified atom stereocenters. The minimum atomic E-state index is -0.107. The maximum absolute atomic E-state index is 11.7. The van der Waals surface area contributed by atoms with Crippen LogP contribution in [-0.4, -0.2) is 3.96 Å². The lowest BCUT2D eigenvalue weighted by molar-refractivity contribution is 0.331. The lowest BCUT2D eigenvalue weighted by Gasteiger charge is -2.24. The van der Waals surface area contributed by atoms with Gasteiger partial charge in [0.15, 0.2) is 0 Å². The molecule has 0 aliphatic rings. The zero-order chi connectivity index (χ0) is 11.5. The Morgan fingerprint density at radius 3 is 2.60 bits per heavy atom. The highest BCUT2D eigenvalue weighted by molar-refractivity contribution is 7.04. The van der Waals surface area contributed by atoms with Crippen LogP contribution in [0.3, 0.4) is 0 Å². The van der Waals surface area contributed by atoms with Crippen molar-refractivity contribution in [1.29, 1.82) is 0 Å². The van der Waals surface area contributed by atoms with Gasteiger partial charge in [0.2, 0.25) is 0 Å². The van der Waals surface area contributed by atoms with Gasteiger partial charge < -0.3 is 0 Å². The monoisotopic (exact) mass is 247 g/mol. The Morgan fingerprint density at radius 1 is 1.47 bits per heavy atom. The summed E-state index contributed by atoms with van der Waals surface area (Å²) >= 11 is 7.19.